The van der Waals surface area contributed by atoms with Crippen molar-refractivity contribution in [3.63, 3.8) is 0 Å². The van der Waals surface area contributed by atoms with Crippen LogP contribution in [0.25, 0.3) is 182 Å². The Labute approximate surface area is 867 Å². The minimum atomic E-state index is -0.540. The molecule has 0 atom stereocenters. The normalized spacial score (nSPS) is 11.9. The van der Waals surface area contributed by atoms with Crippen molar-refractivity contribution in [2.75, 3.05) is 17.2 Å². The van der Waals surface area contributed by atoms with Crippen LogP contribution in [0.3, 0.4) is 0 Å². The van der Waals surface area contributed by atoms with Gasteiger partial charge in [-0.15, -0.1) is 44.1 Å². The number of hydrogen-bond acceptors (Lipinski definition) is 8. The minimum absolute atomic E-state index is 0. The van der Waals surface area contributed by atoms with Crippen LogP contribution < -0.4 is 35.3 Å². The molecule has 7 aromatic heterocycles. The summed E-state index contributed by atoms with van der Waals surface area (Å²) < 4.78 is 6.11. The second kappa shape index (κ2) is 47.8. The quantitative estimate of drug-likeness (QED) is 0.0276. The number of unbranched alkanes of at least 4 members (excludes halogenated alkanes) is 12. The molecule has 16 bridgehead atoms. The van der Waals surface area contributed by atoms with Gasteiger partial charge in [-0.2, -0.15) is 0 Å². The number of pyridine rings is 1. The number of fused-ring (bicyclic) bond motifs is 16. The van der Waals surface area contributed by atoms with Crippen molar-refractivity contribution in [3.05, 3.63) is 345 Å². The molecule has 15 aromatic rings. The predicted octanol–water partition coefficient (Wildman–Crippen LogP) is 32.2. The van der Waals surface area contributed by atoms with Crippen molar-refractivity contribution in [1.29, 1.82) is 0 Å². The van der Waals surface area contributed by atoms with Crippen LogP contribution in [0.5, 0.6) is 5.75 Å². The molecule has 0 radical (unpaired) electrons. The zero-order valence-corrected chi connectivity index (χ0v) is 89.6. The van der Waals surface area contributed by atoms with Gasteiger partial charge < -0.3 is 35.3 Å². The minimum Gasteiger partial charge on any atom is -0.657 e. The summed E-state index contributed by atoms with van der Waals surface area (Å²) in [5.74, 6) is -0.770. The molecule has 0 unspecified atom stereocenters. The van der Waals surface area contributed by atoms with Gasteiger partial charge in [-0.3, -0.25) is 9.59 Å². The number of aryl methyl sites for hydroxylation is 6. The van der Waals surface area contributed by atoms with E-state index < -0.39 is 11.8 Å². The molecule has 0 fully saturated rings. The molecule has 0 saturated carbocycles. The van der Waals surface area contributed by atoms with E-state index in [-0.39, 0.29) is 57.0 Å². The number of anilines is 2. The first-order chi connectivity index (χ1) is 69.3. The van der Waals surface area contributed by atoms with Gasteiger partial charge in [0.25, 0.3) is 11.8 Å². The number of benzene rings is 8. The molecule has 2 amide bonds. The Kier molecular flexibility index (Phi) is 33.6. The molecule has 708 valence electrons. The molecule has 4 aliphatic heterocycles. The van der Waals surface area contributed by atoms with E-state index >= 15 is 0 Å². The monoisotopic (exact) mass is 1980 g/mol. The molecule has 4 aliphatic rings. The van der Waals surface area contributed by atoms with Gasteiger partial charge in [-0.05, 0) is 279 Å². The van der Waals surface area contributed by atoms with Gasteiger partial charge in [0.2, 0.25) is 0 Å². The summed E-state index contributed by atoms with van der Waals surface area (Å²) in [5, 5.41) is 6.24. The fraction of sp³-hybridized carbons (Fsp3) is 0.252. The summed E-state index contributed by atoms with van der Waals surface area (Å²) in [7, 11) is 0. The number of rotatable bonds is 38. The molecule has 143 heavy (non-hydrogen) atoms. The van der Waals surface area contributed by atoms with E-state index in [4.69, 9.17) is 49.6 Å². The van der Waals surface area contributed by atoms with Gasteiger partial charge in [-0.1, -0.05) is 337 Å². The number of carbonyl (C=O) groups excluding carboxylic acids is 2. The Bertz CT molecular complexity index is 7000. The van der Waals surface area contributed by atoms with Crippen LogP contribution in [0.2, 0.25) is 0 Å². The SMILES string of the molecule is CCCCCc1ccc(-c2c3nc(c(-c4ccc(CCCCC)cc4)c4ccc([n-]4)c(-c4ccc(NC(=O)c5cc(OCC)cc(C(=O)Nc6ccc(-c7c8nc(c(-c9ccc(CCCCC)cc9)c9ccc([n-]9)c(-c9ccc(CCCCC)cc9)c9nc(c(-c%10ccc(CCCCC)cc%10)c%10ccc7[n-]%10)C=C9)C=C8)cc6)n5)cc4)c4nc(c(-c5ccc(CCCCC)cc5)c5ccc2[n-]5)C=C4)C=C3)cc1.[Zn+2].[Zn+2]. The average Bonchev–Trinajstić information content (AvgIpc) is 1.62. The standard InChI is InChI=1S/C127H125N11O3.2Zn/c1-8-15-21-27-83-33-45-89(46-34-83)118-100-65-69-104(130-100)120(91-49-37-85(38-50-91)29-23-17-10-3)108-73-77-112(134-108)124(113-78-74-109(135-113)121(105-70-66-101(118)131-105)92-51-39-86(40-52-92)30-24-18-11-4)95-57-61-97(62-58-95)128-126(139)116-81-99(141-14-7)82-117(138-116)127(140)129-98-63-59-96(60-64-98)125-114-79-75-110(136-114)122(93-53-41-87(42-54-93)31-25-19-12-5)106-71-67-102(132-106)119(90-47-35-84(36-48-90)28-22-16-9-2)103-68-72-107(133-103)123(111-76-80-115(125)137-111)94-55-43-88(44-56-94)32-26-20-13-6;;/h33-82H,8-32H2,1-7H3,(H4-2,128,129,130,131,132,133,134,135,136,137,138,139,140);;/q-2;2*+2/p-2. The van der Waals surface area contributed by atoms with Crippen LogP contribution in [-0.2, 0) is 77.5 Å². The van der Waals surface area contributed by atoms with E-state index in [0.717, 1.165) is 259 Å². The fourth-order valence-electron chi connectivity index (χ4n) is 19.9. The Morgan fingerprint density at radius 2 is 0.406 bits per heavy atom. The van der Waals surface area contributed by atoms with Crippen LogP contribution in [0.1, 0.15) is 264 Å². The topological polar surface area (TPSA) is 188 Å². The summed E-state index contributed by atoms with van der Waals surface area (Å²) >= 11 is 0. The van der Waals surface area contributed by atoms with Crippen LogP contribution in [0, 0.1) is 0 Å². The van der Waals surface area contributed by atoms with Crippen LogP contribution in [0.4, 0.5) is 11.4 Å². The third kappa shape index (κ3) is 23.4. The zero-order chi connectivity index (χ0) is 96.5. The third-order valence-corrected chi connectivity index (χ3v) is 27.5. The Balaban J connectivity index is 0.00000702. The fourth-order valence-corrected chi connectivity index (χ4v) is 19.9. The molecule has 2 N–H and O–H groups in total. The van der Waals surface area contributed by atoms with E-state index in [1.54, 1.807) is 12.1 Å². The van der Waals surface area contributed by atoms with E-state index in [0.29, 0.717) is 39.5 Å². The first-order valence-corrected chi connectivity index (χ1v) is 51.5. The summed E-state index contributed by atoms with van der Waals surface area (Å²) in [6.07, 6.45) is 43.9. The van der Waals surface area contributed by atoms with E-state index in [9.17, 15) is 9.59 Å². The Morgan fingerprint density at radius 1 is 0.231 bits per heavy atom. The Morgan fingerprint density at radius 3 is 0.573 bits per heavy atom. The van der Waals surface area contributed by atoms with Crippen LogP contribution >= 0.6 is 0 Å². The third-order valence-electron chi connectivity index (χ3n) is 27.5. The van der Waals surface area contributed by atoms with E-state index in [1.165, 1.54) is 84.7 Å². The largest absolute Gasteiger partial charge is 2.00 e. The van der Waals surface area contributed by atoms with Crippen molar-refractivity contribution in [1.82, 2.24) is 44.9 Å². The number of nitrogens with zero attached hydrogens (tertiary/aromatic N) is 9. The number of amides is 2. The molecule has 0 aliphatic carbocycles. The van der Waals surface area contributed by atoms with Crippen molar-refractivity contribution in [3.8, 4) is 94.8 Å². The summed E-state index contributed by atoms with van der Waals surface area (Å²) in [6, 6.07) is 89.3. The average molecular weight is 1980 g/mol. The number of nitrogens with one attached hydrogen (secondary N) is 2. The first kappa shape index (κ1) is 101. The Hall–Kier alpha value is -13.9. The number of ether oxygens (including phenoxy) is 1. The second-order valence-electron chi connectivity index (χ2n) is 37.7. The van der Waals surface area contributed by atoms with Crippen molar-refractivity contribution < 1.29 is 53.3 Å². The molecule has 0 spiro atoms. The van der Waals surface area contributed by atoms with E-state index in [2.05, 4.69) is 295 Å². The van der Waals surface area contributed by atoms with Crippen LogP contribution in [-0.4, -0.2) is 43.3 Å². The first-order valence-electron chi connectivity index (χ1n) is 51.5. The molecule has 0 saturated heterocycles. The molecule has 8 aromatic carbocycles. The zero-order valence-electron chi connectivity index (χ0n) is 83.7. The summed E-state index contributed by atoms with van der Waals surface area (Å²) in [4.78, 5) is 79.6. The van der Waals surface area contributed by atoms with Gasteiger partial charge in [-0.25, -0.2) is 24.9 Å². The maximum absolute atomic E-state index is 14.9. The van der Waals surface area contributed by atoms with Gasteiger partial charge >= 0.3 is 39.0 Å². The van der Waals surface area contributed by atoms with Gasteiger partial charge in [0.15, 0.2) is 0 Å². The van der Waals surface area contributed by atoms with Crippen molar-refractivity contribution >= 4 is 116 Å². The number of carbonyl (C=O) groups is 2. The van der Waals surface area contributed by atoms with Gasteiger partial charge in [0.05, 0.1) is 52.2 Å². The molecule has 16 heteroatoms. The molecular weight excluding hydrogens is 1860 g/mol. The number of hydrogen-bond donors (Lipinski definition) is 2. The second-order valence-corrected chi connectivity index (χ2v) is 37.7. The smallest absolute Gasteiger partial charge is 0.657 e. The number of aromatic nitrogens is 9. The van der Waals surface area contributed by atoms with Crippen molar-refractivity contribution in [2.24, 2.45) is 0 Å². The van der Waals surface area contributed by atoms with Crippen molar-refractivity contribution in [2.45, 2.75) is 203 Å². The molecule has 19 rings (SSSR count). The summed E-state index contributed by atoms with van der Waals surface area (Å²) in [6.45, 7) is 15.6. The predicted molar refractivity (Wildman–Crippen MR) is 588 cm³/mol. The summed E-state index contributed by atoms with van der Waals surface area (Å²) in [5.41, 5.74) is 36.0. The molecule has 11 heterocycles. The van der Waals surface area contributed by atoms with Gasteiger partial charge in [0, 0.05) is 23.5 Å². The van der Waals surface area contributed by atoms with Gasteiger partial charge in [0.1, 0.15) is 17.1 Å². The maximum Gasteiger partial charge on any atom is 2.00 e. The molecule has 14 nitrogen and oxygen atoms in total. The molecular formula is C127H123N11O3Zn2. The maximum atomic E-state index is 14.9. The van der Waals surface area contributed by atoms with Crippen LogP contribution in [0.15, 0.2) is 255 Å². The van der Waals surface area contributed by atoms with E-state index in [1.807, 2.05) is 55.5 Å².